The number of amides is 1. The Hall–Kier alpha value is -2.45. The molecular formula is C22H19Cl3N2O4S. The molecule has 0 aliphatic rings. The molecule has 0 aromatic heterocycles. The first-order chi connectivity index (χ1) is 15.0. The van der Waals surface area contributed by atoms with Gasteiger partial charge in [0.1, 0.15) is 10.6 Å². The Kier molecular flexibility index (Phi) is 7.56. The molecule has 0 atom stereocenters. The molecule has 0 saturated carbocycles. The van der Waals surface area contributed by atoms with Crippen LogP contribution in [0.1, 0.15) is 11.1 Å². The van der Waals surface area contributed by atoms with Gasteiger partial charge in [0.25, 0.3) is 15.9 Å². The van der Waals surface area contributed by atoms with Gasteiger partial charge in [0.05, 0.1) is 15.1 Å². The standard InChI is InChI=1S/C22H19Cl3N2O4S/c1-13-3-8-17(9-14(13)2)31-12-22(28)26-15-4-6-16(7-5-15)27-32(29,30)21-11-19(24)18(23)10-20(21)25/h3-11,27H,12H2,1-2H3,(H,26,28). The van der Waals surface area contributed by atoms with E-state index >= 15 is 0 Å². The Bertz CT molecular complexity index is 1260. The zero-order valence-corrected chi connectivity index (χ0v) is 20.2. The Morgan fingerprint density at radius 3 is 2.12 bits per heavy atom. The van der Waals surface area contributed by atoms with E-state index in [-0.39, 0.29) is 38.2 Å². The SMILES string of the molecule is Cc1ccc(OCC(=O)Nc2ccc(NS(=O)(=O)c3cc(Cl)c(Cl)cc3Cl)cc2)cc1C. The Morgan fingerprint density at radius 2 is 1.47 bits per heavy atom. The van der Waals surface area contributed by atoms with Crippen LogP contribution in [0.25, 0.3) is 0 Å². The Morgan fingerprint density at radius 1 is 0.844 bits per heavy atom. The summed E-state index contributed by atoms with van der Waals surface area (Å²) in [7, 11) is -4.00. The minimum atomic E-state index is -4.00. The van der Waals surface area contributed by atoms with Gasteiger partial charge in [-0.1, -0.05) is 40.9 Å². The smallest absolute Gasteiger partial charge is 0.263 e. The number of carbonyl (C=O) groups excluding carboxylic acids is 1. The summed E-state index contributed by atoms with van der Waals surface area (Å²) in [6, 6.07) is 14.2. The minimum Gasteiger partial charge on any atom is -0.484 e. The molecule has 3 rings (SSSR count). The van der Waals surface area contributed by atoms with E-state index < -0.39 is 10.0 Å². The van der Waals surface area contributed by atoms with Gasteiger partial charge in [-0.05, 0) is 73.5 Å². The molecule has 10 heteroatoms. The van der Waals surface area contributed by atoms with Crippen LogP contribution in [0.15, 0.2) is 59.5 Å². The van der Waals surface area contributed by atoms with Crippen molar-refractivity contribution in [2.75, 3.05) is 16.6 Å². The van der Waals surface area contributed by atoms with E-state index in [0.717, 1.165) is 11.1 Å². The molecule has 3 aromatic rings. The normalized spacial score (nSPS) is 11.2. The molecule has 0 radical (unpaired) electrons. The van der Waals surface area contributed by atoms with E-state index in [4.69, 9.17) is 39.5 Å². The molecule has 168 valence electrons. The van der Waals surface area contributed by atoms with Crippen LogP contribution in [0, 0.1) is 13.8 Å². The maximum Gasteiger partial charge on any atom is 0.263 e. The lowest BCUT2D eigenvalue weighted by molar-refractivity contribution is -0.118. The minimum absolute atomic E-state index is 0.0560. The van der Waals surface area contributed by atoms with Gasteiger partial charge < -0.3 is 10.1 Å². The van der Waals surface area contributed by atoms with Crippen LogP contribution < -0.4 is 14.8 Å². The average Bonchev–Trinajstić information content (AvgIpc) is 2.72. The molecule has 0 heterocycles. The van der Waals surface area contributed by atoms with Crippen molar-refractivity contribution < 1.29 is 17.9 Å². The lowest BCUT2D eigenvalue weighted by Crippen LogP contribution is -2.20. The maximum atomic E-state index is 12.6. The quantitative estimate of drug-likeness (QED) is 0.375. The van der Waals surface area contributed by atoms with Crippen molar-refractivity contribution in [1.82, 2.24) is 0 Å². The number of anilines is 2. The number of hydrogen-bond acceptors (Lipinski definition) is 4. The molecule has 0 fully saturated rings. The molecule has 0 aliphatic heterocycles. The van der Waals surface area contributed by atoms with Crippen molar-refractivity contribution in [3.63, 3.8) is 0 Å². The number of nitrogens with one attached hydrogen (secondary N) is 2. The fourth-order valence-electron chi connectivity index (χ4n) is 2.69. The molecule has 6 nitrogen and oxygen atoms in total. The summed E-state index contributed by atoms with van der Waals surface area (Å²) in [6.45, 7) is 3.80. The number of carbonyl (C=O) groups is 1. The monoisotopic (exact) mass is 512 g/mol. The number of sulfonamides is 1. The van der Waals surface area contributed by atoms with Crippen molar-refractivity contribution in [3.8, 4) is 5.75 Å². The second-order valence-corrected chi connectivity index (χ2v) is 9.83. The predicted molar refractivity (Wildman–Crippen MR) is 129 cm³/mol. The van der Waals surface area contributed by atoms with E-state index in [1.54, 1.807) is 18.2 Å². The van der Waals surface area contributed by atoms with E-state index in [0.29, 0.717) is 11.4 Å². The van der Waals surface area contributed by atoms with E-state index in [1.807, 2.05) is 26.0 Å². The average molecular weight is 514 g/mol. The summed E-state index contributed by atoms with van der Waals surface area (Å²) in [6.07, 6.45) is 0. The molecule has 0 bridgehead atoms. The molecule has 0 unspecified atom stereocenters. The van der Waals surface area contributed by atoms with E-state index in [1.165, 1.54) is 24.3 Å². The van der Waals surface area contributed by atoms with Crippen molar-refractivity contribution in [3.05, 3.63) is 80.8 Å². The molecule has 0 aliphatic carbocycles. The summed E-state index contributed by atoms with van der Waals surface area (Å²) in [4.78, 5) is 11.9. The number of hydrogen-bond donors (Lipinski definition) is 2. The summed E-state index contributed by atoms with van der Waals surface area (Å²) in [5.74, 6) is 0.258. The second kappa shape index (κ2) is 10.0. The highest BCUT2D eigenvalue weighted by Crippen LogP contribution is 2.32. The van der Waals surface area contributed by atoms with Gasteiger partial charge in [-0.15, -0.1) is 0 Å². The molecule has 2 N–H and O–H groups in total. The number of halogens is 3. The van der Waals surface area contributed by atoms with Crippen LogP contribution in [-0.4, -0.2) is 20.9 Å². The Balaban J connectivity index is 1.61. The topological polar surface area (TPSA) is 84.5 Å². The summed E-state index contributed by atoms with van der Waals surface area (Å²) >= 11 is 17.8. The lowest BCUT2D eigenvalue weighted by Gasteiger charge is -2.12. The molecule has 32 heavy (non-hydrogen) atoms. The van der Waals surface area contributed by atoms with Gasteiger partial charge in [0, 0.05) is 11.4 Å². The first kappa shape index (κ1) is 24.2. The zero-order chi connectivity index (χ0) is 23.5. The van der Waals surface area contributed by atoms with Crippen molar-refractivity contribution in [1.29, 1.82) is 0 Å². The highest BCUT2D eigenvalue weighted by molar-refractivity contribution is 7.92. The maximum absolute atomic E-state index is 12.6. The third kappa shape index (κ3) is 6.07. The molecule has 0 saturated heterocycles. The van der Waals surface area contributed by atoms with Gasteiger partial charge in [-0.25, -0.2) is 8.42 Å². The second-order valence-electron chi connectivity index (χ2n) is 6.96. The van der Waals surface area contributed by atoms with Crippen LogP contribution in [0.5, 0.6) is 5.75 Å². The largest absolute Gasteiger partial charge is 0.484 e. The molecule has 0 spiro atoms. The van der Waals surface area contributed by atoms with Crippen LogP contribution in [0.3, 0.4) is 0 Å². The van der Waals surface area contributed by atoms with E-state index in [9.17, 15) is 13.2 Å². The molecule has 3 aromatic carbocycles. The number of ether oxygens (including phenoxy) is 1. The van der Waals surface area contributed by atoms with Gasteiger partial charge in [-0.2, -0.15) is 0 Å². The first-order valence-electron chi connectivity index (χ1n) is 9.32. The van der Waals surface area contributed by atoms with Gasteiger partial charge >= 0.3 is 0 Å². The van der Waals surface area contributed by atoms with Gasteiger partial charge in [0.2, 0.25) is 0 Å². The van der Waals surface area contributed by atoms with Crippen molar-refractivity contribution >= 4 is 62.1 Å². The van der Waals surface area contributed by atoms with Crippen LogP contribution in [-0.2, 0) is 14.8 Å². The van der Waals surface area contributed by atoms with Gasteiger partial charge in [0.15, 0.2) is 6.61 Å². The summed E-state index contributed by atoms with van der Waals surface area (Å²) in [5, 5.41) is 2.85. The fraction of sp³-hybridized carbons (Fsp3) is 0.136. The lowest BCUT2D eigenvalue weighted by atomic mass is 10.1. The van der Waals surface area contributed by atoms with Gasteiger partial charge in [-0.3, -0.25) is 9.52 Å². The summed E-state index contributed by atoms with van der Waals surface area (Å²) < 4.78 is 33.2. The van der Waals surface area contributed by atoms with E-state index in [2.05, 4.69) is 10.0 Å². The van der Waals surface area contributed by atoms with Crippen LogP contribution >= 0.6 is 34.8 Å². The predicted octanol–water partition coefficient (Wildman–Crippen LogP) is 6.08. The molecular weight excluding hydrogens is 495 g/mol. The summed E-state index contributed by atoms with van der Waals surface area (Å²) in [5.41, 5.74) is 2.97. The van der Waals surface area contributed by atoms with Crippen LogP contribution in [0.2, 0.25) is 15.1 Å². The first-order valence-corrected chi connectivity index (χ1v) is 11.9. The molecule has 1 amide bonds. The fourth-order valence-corrected chi connectivity index (χ4v) is 4.75. The number of benzene rings is 3. The number of aryl methyl sites for hydroxylation is 2. The highest BCUT2D eigenvalue weighted by atomic mass is 35.5. The highest BCUT2D eigenvalue weighted by Gasteiger charge is 2.20. The van der Waals surface area contributed by atoms with Crippen LogP contribution in [0.4, 0.5) is 11.4 Å². The number of rotatable bonds is 7. The van der Waals surface area contributed by atoms with Crippen molar-refractivity contribution in [2.24, 2.45) is 0 Å². The Labute approximate surface area is 201 Å². The van der Waals surface area contributed by atoms with Crippen molar-refractivity contribution in [2.45, 2.75) is 18.7 Å². The zero-order valence-electron chi connectivity index (χ0n) is 17.1. The third-order valence-electron chi connectivity index (χ3n) is 4.53. The third-order valence-corrected chi connectivity index (χ3v) is 7.10.